The van der Waals surface area contributed by atoms with Crippen LogP contribution >= 0.6 is 0 Å². The second-order valence-electron chi connectivity index (χ2n) is 5.98. The third kappa shape index (κ3) is 5.48. The van der Waals surface area contributed by atoms with E-state index in [2.05, 4.69) is 13.5 Å². The van der Waals surface area contributed by atoms with Gasteiger partial charge < -0.3 is 14.2 Å². The predicted octanol–water partition coefficient (Wildman–Crippen LogP) is 5.34. The van der Waals surface area contributed by atoms with Crippen LogP contribution in [0.3, 0.4) is 0 Å². The molecule has 27 heavy (non-hydrogen) atoms. The van der Waals surface area contributed by atoms with Crippen molar-refractivity contribution in [2.75, 3.05) is 20.8 Å². The zero-order valence-corrected chi connectivity index (χ0v) is 16.2. The lowest BCUT2D eigenvalue weighted by Crippen LogP contribution is -2.04. The average Bonchev–Trinajstić information content (AvgIpc) is 2.72. The monoisotopic (exact) mass is 366 g/mol. The molecule has 0 amide bonds. The second kappa shape index (κ2) is 10.2. The van der Waals surface area contributed by atoms with E-state index in [-0.39, 0.29) is 5.78 Å². The predicted molar refractivity (Wildman–Crippen MR) is 109 cm³/mol. The van der Waals surface area contributed by atoms with E-state index in [0.29, 0.717) is 35.8 Å². The number of hydrogen-bond donors (Lipinski definition) is 0. The van der Waals surface area contributed by atoms with Gasteiger partial charge in [-0.3, -0.25) is 4.79 Å². The van der Waals surface area contributed by atoms with Crippen LogP contribution in [0.25, 0.3) is 6.08 Å². The lowest BCUT2D eigenvalue weighted by Gasteiger charge is -2.11. The summed E-state index contributed by atoms with van der Waals surface area (Å²) < 4.78 is 16.2. The van der Waals surface area contributed by atoms with Crippen molar-refractivity contribution < 1.29 is 19.0 Å². The van der Waals surface area contributed by atoms with Crippen molar-refractivity contribution in [3.63, 3.8) is 0 Å². The maximum Gasteiger partial charge on any atom is 0.189 e. The topological polar surface area (TPSA) is 44.8 Å². The molecule has 0 aliphatic heterocycles. The smallest absolute Gasteiger partial charge is 0.189 e. The van der Waals surface area contributed by atoms with E-state index in [9.17, 15) is 4.79 Å². The van der Waals surface area contributed by atoms with Crippen molar-refractivity contribution in [2.24, 2.45) is 0 Å². The molecule has 0 aliphatic carbocycles. The van der Waals surface area contributed by atoms with E-state index in [1.807, 2.05) is 24.3 Å². The zero-order valence-electron chi connectivity index (χ0n) is 16.2. The van der Waals surface area contributed by atoms with Crippen molar-refractivity contribution in [1.29, 1.82) is 0 Å². The average molecular weight is 366 g/mol. The number of methoxy groups -OCH3 is 2. The molecule has 142 valence electrons. The number of hydrogen-bond acceptors (Lipinski definition) is 4. The molecule has 0 N–H and O–H groups in total. The summed E-state index contributed by atoms with van der Waals surface area (Å²) in [4.78, 5) is 13.0. The van der Waals surface area contributed by atoms with Gasteiger partial charge in [-0.1, -0.05) is 26.0 Å². The van der Waals surface area contributed by atoms with Crippen molar-refractivity contribution >= 4 is 11.9 Å². The molecule has 0 unspecified atom stereocenters. The molecule has 0 aliphatic rings. The molecule has 0 aromatic heterocycles. The minimum Gasteiger partial charge on any atom is -0.497 e. The summed E-state index contributed by atoms with van der Waals surface area (Å²) in [6.45, 7) is 6.12. The second-order valence-corrected chi connectivity index (χ2v) is 5.98. The third-order valence-electron chi connectivity index (χ3n) is 4.07. The van der Waals surface area contributed by atoms with Crippen LogP contribution in [0.4, 0.5) is 0 Å². The third-order valence-corrected chi connectivity index (χ3v) is 4.07. The summed E-state index contributed by atoms with van der Waals surface area (Å²) >= 11 is 0. The molecular weight excluding hydrogens is 340 g/mol. The Kier molecular flexibility index (Phi) is 7.68. The van der Waals surface area contributed by atoms with Gasteiger partial charge in [0.1, 0.15) is 23.9 Å². The molecule has 4 heteroatoms. The molecule has 0 saturated heterocycles. The Morgan fingerprint density at radius 3 is 2.33 bits per heavy atom. The fourth-order valence-electron chi connectivity index (χ4n) is 2.69. The quantitative estimate of drug-likeness (QED) is 0.324. The minimum absolute atomic E-state index is 0.00462. The van der Waals surface area contributed by atoms with Gasteiger partial charge in [-0.05, 0) is 48.9 Å². The van der Waals surface area contributed by atoms with Gasteiger partial charge >= 0.3 is 0 Å². The standard InChI is InChI=1S/C23H26O4/c1-5-7-19(15-18-10-13-21(25-3)16-22(18)26-4)23(24)17-8-11-20(12-9-17)27-14-6-2/h6,8-13,15-16H,2,5,7,14H2,1,3-4H3/b19-15+. The maximum absolute atomic E-state index is 13.0. The normalized spacial score (nSPS) is 11.0. The first-order valence-electron chi connectivity index (χ1n) is 8.94. The summed E-state index contributed by atoms with van der Waals surface area (Å²) in [5.41, 5.74) is 2.22. The molecule has 0 atom stereocenters. The Morgan fingerprint density at radius 1 is 1.04 bits per heavy atom. The van der Waals surface area contributed by atoms with Gasteiger partial charge in [-0.15, -0.1) is 0 Å². The van der Waals surface area contributed by atoms with Gasteiger partial charge in [-0.25, -0.2) is 0 Å². The molecule has 2 aromatic rings. The van der Waals surface area contributed by atoms with Crippen LogP contribution in [0.1, 0.15) is 35.7 Å². The highest BCUT2D eigenvalue weighted by Gasteiger charge is 2.13. The molecule has 4 nitrogen and oxygen atoms in total. The fraction of sp³-hybridized carbons (Fsp3) is 0.261. The Morgan fingerprint density at radius 2 is 1.74 bits per heavy atom. The van der Waals surface area contributed by atoms with Crippen LogP contribution in [0.15, 0.2) is 60.7 Å². The number of carbonyl (C=O) groups excluding carboxylic acids is 1. The SMILES string of the molecule is C=CCOc1ccc(C(=O)/C(=C/c2ccc(OC)cc2OC)CCC)cc1. The lowest BCUT2D eigenvalue weighted by molar-refractivity contribution is 0.103. The summed E-state index contributed by atoms with van der Waals surface area (Å²) in [6, 6.07) is 12.7. The molecule has 0 saturated carbocycles. The van der Waals surface area contributed by atoms with Gasteiger partial charge in [0, 0.05) is 22.8 Å². The summed E-state index contributed by atoms with van der Waals surface area (Å²) in [5, 5.41) is 0. The highest BCUT2D eigenvalue weighted by Crippen LogP contribution is 2.28. The fourth-order valence-corrected chi connectivity index (χ4v) is 2.69. The van der Waals surface area contributed by atoms with Gasteiger partial charge in [0.2, 0.25) is 0 Å². The first-order chi connectivity index (χ1) is 13.1. The van der Waals surface area contributed by atoms with Crippen LogP contribution in [-0.2, 0) is 0 Å². The molecule has 0 radical (unpaired) electrons. The first kappa shape index (κ1) is 20.3. The molecule has 0 heterocycles. The van der Waals surface area contributed by atoms with Crippen molar-refractivity contribution in [1.82, 2.24) is 0 Å². The van der Waals surface area contributed by atoms with Crippen molar-refractivity contribution in [2.45, 2.75) is 19.8 Å². The van der Waals surface area contributed by atoms with Gasteiger partial charge in [0.05, 0.1) is 14.2 Å². The zero-order chi connectivity index (χ0) is 19.6. The number of benzene rings is 2. The number of Topliss-reactive ketones (excluding diaryl/α,β-unsaturated/α-hetero) is 1. The summed E-state index contributed by atoms with van der Waals surface area (Å²) in [7, 11) is 3.22. The van der Waals surface area contributed by atoms with Crippen LogP contribution in [0.2, 0.25) is 0 Å². The Labute approximate surface area is 161 Å². The van der Waals surface area contributed by atoms with Crippen molar-refractivity contribution in [3.05, 3.63) is 71.8 Å². The number of ether oxygens (including phenoxy) is 3. The Bertz CT molecular complexity index is 804. The van der Waals surface area contributed by atoms with E-state index in [4.69, 9.17) is 14.2 Å². The number of carbonyl (C=O) groups is 1. The molecular formula is C23H26O4. The molecule has 0 bridgehead atoms. The van der Waals surface area contributed by atoms with E-state index in [0.717, 1.165) is 17.6 Å². The Hall–Kier alpha value is -3.01. The number of rotatable bonds is 10. The van der Waals surface area contributed by atoms with Gasteiger partial charge in [0.15, 0.2) is 5.78 Å². The van der Waals surface area contributed by atoms with E-state index < -0.39 is 0 Å². The largest absolute Gasteiger partial charge is 0.497 e. The number of ketones is 1. The molecule has 2 rings (SSSR count). The van der Waals surface area contributed by atoms with Gasteiger partial charge in [-0.2, -0.15) is 0 Å². The lowest BCUT2D eigenvalue weighted by atomic mass is 9.97. The Balaban J connectivity index is 2.31. The van der Waals surface area contributed by atoms with Crippen LogP contribution < -0.4 is 14.2 Å². The highest BCUT2D eigenvalue weighted by atomic mass is 16.5. The highest BCUT2D eigenvalue weighted by molar-refractivity contribution is 6.11. The number of allylic oxidation sites excluding steroid dienone is 1. The molecule has 0 spiro atoms. The maximum atomic E-state index is 13.0. The van der Waals surface area contributed by atoms with Crippen LogP contribution in [0.5, 0.6) is 17.2 Å². The van der Waals surface area contributed by atoms with E-state index in [1.165, 1.54) is 0 Å². The molecule has 2 aromatic carbocycles. The van der Waals surface area contributed by atoms with E-state index in [1.54, 1.807) is 44.6 Å². The first-order valence-corrected chi connectivity index (χ1v) is 8.94. The van der Waals surface area contributed by atoms with Crippen LogP contribution in [0, 0.1) is 0 Å². The van der Waals surface area contributed by atoms with Gasteiger partial charge in [0.25, 0.3) is 0 Å². The molecule has 0 fully saturated rings. The van der Waals surface area contributed by atoms with Crippen LogP contribution in [-0.4, -0.2) is 26.6 Å². The minimum atomic E-state index is 0.00462. The van der Waals surface area contributed by atoms with Crippen molar-refractivity contribution in [3.8, 4) is 17.2 Å². The summed E-state index contributed by atoms with van der Waals surface area (Å²) in [5.74, 6) is 2.10. The van der Waals surface area contributed by atoms with E-state index >= 15 is 0 Å². The summed E-state index contributed by atoms with van der Waals surface area (Å²) in [6.07, 6.45) is 5.13.